The third kappa shape index (κ3) is 2.96. The van der Waals surface area contributed by atoms with E-state index in [9.17, 15) is 9.59 Å². The van der Waals surface area contributed by atoms with E-state index < -0.39 is 0 Å². The summed E-state index contributed by atoms with van der Waals surface area (Å²) >= 11 is 0. The molecular weight excluding hydrogens is 216 g/mol. The van der Waals surface area contributed by atoms with Gasteiger partial charge in [-0.2, -0.15) is 0 Å². The molecule has 1 aromatic heterocycles. The van der Waals surface area contributed by atoms with Crippen LogP contribution in [0, 0.1) is 5.92 Å². The molecule has 4 heteroatoms. The second-order valence-corrected chi connectivity index (χ2v) is 4.75. The summed E-state index contributed by atoms with van der Waals surface area (Å²) in [6, 6.07) is 3.13. The molecule has 1 amide bonds. The van der Waals surface area contributed by atoms with E-state index in [2.05, 4.69) is 17.2 Å². The van der Waals surface area contributed by atoms with Gasteiger partial charge in [0.05, 0.1) is 5.56 Å². The molecule has 17 heavy (non-hydrogen) atoms. The van der Waals surface area contributed by atoms with Crippen molar-refractivity contribution in [2.75, 3.05) is 0 Å². The fourth-order valence-corrected chi connectivity index (χ4v) is 2.42. The second kappa shape index (κ2) is 5.17. The molecule has 2 rings (SSSR count). The number of carbonyl (C=O) groups is 1. The lowest BCUT2D eigenvalue weighted by Gasteiger charge is -2.20. The van der Waals surface area contributed by atoms with Crippen molar-refractivity contribution >= 4 is 5.91 Å². The maximum Gasteiger partial charge on any atom is 0.252 e. The Balaban J connectivity index is 1.96. The fourth-order valence-electron chi connectivity index (χ4n) is 2.42. The predicted octanol–water partition coefficient (Wildman–Crippen LogP) is 1.68. The summed E-state index contributed by atoms with van der Waals surface area (Å²) in [5.74, 6) is 0.488. The molecule has 0 radical (unpaired) electrons. The second-order valence-electron chi connectivity index (χ2n) is 4.75. The smallest absolute Gasteiger partial charge is 0.252 e. The van der Waals surface area contributed by atoms with Crippen molar-refractivity contribution in [2.24, 2.45) is 5.92 Å². The van der Waals surface area contributed by atoms with Crippen LogP contribution in [0.4, 0.5) is 0 Å². The number of rotatable bonds is 3. The van der Waals surface area contributed by atoms with Crippen LogP contribution in [0.1, 0.15) is 43.0 Å². The van der Waals surface area contributed by atoms with E-state index in [1.54, 1.807) is 6.07 Å². The molecule has 1 aromatic rings. The van der Waals surface area contributed by atoms with E-state index in [1.165, 1.54) is 37.9 Å². The maximum absolute atomic E-state index is 11.9. The highest BCUT2D eigenvalue weighted by Gasteiger charge is 2.22. The quantitative estimate of drug-likeness (QED) is 0.836. The number of hydrogen-bond acceptors (Lipinski definition) is 2. The molecule has 0 bridgehead atoms. The molecule has 1 fully saturated rings. The Kier molecular flexibility index (Phi) is 3.61. The highest BCUT2D eigenvalue weighted by molar-refractivity contribution is 5.93. The summed E-state index contributed by atoms with van der Waals surface area (Å²) < 4.78 is 0. The summed E-state index contributed by atoms with van der Waals surface area (Å²) in [6.45, 7) is 2.06. The van der Waals surface area contributed by atoms with E-state index in [0.29, 0.717) is 11.5 Å². The number of amides is 1. The van der Waals surface area contributed by atoms with Crippen molar-refractivity contribution in [3.63, 3.8) is 0 Å². The molecule has 92 valence electrons. The first-order valence-electron chi connectivity index (χ1n) is 6.16. The van der Waals surface area contributed by atoms with Gasteiger partial charge in [-0.1, -0.05) is 12.8 Å². The lowest BCUT2D eigenvalue weighted by atomic mass is 9.99. The largest absolute Gasteiger partial charge is 0.349 e. The molecule has 1 atom stereocenters. The average molecular weight is 234 g/mol. The summed E-state index contributed by atoms with van der Waals surface area (Å²) in [5.41, 5.74) is 0.319. The number of aromatic nitrogens is 1. The summed E-state index contributed by atoms with van der Waals surface area (Å²) in [6.07, 6.45) is 6.40. The van der Waals surface area contributed by atoms with Gasteiger partial charge >= 0.3 is 0 Å². The molecule has 1 aliphatic rings. The molecule has 4 nitrogen and oxygen atoms in total. The van der Waals surface area contributed by atoms with Crippen LogP contribution >= 0.6 is 0 Å². The van der Waals surface area contributed by atoms with Crippen molar-refractivity contribution in [3.05, 3.63) is 34.2 Å². The topological polar surface area (TPSA) is 62.0 Å². The number of nitrogens with one attached hydrogen (secondary N) is 2. The van der Waals surface area contributed by atoms with Crippen LogP contribution < -0.4 is 10.9 Å². The number of pyridine rings is 1. The lowest BCUT2D eigenvalue weighted by molar-refractivity contribution is 0.0927. The van der Waals surface area contributed by atoms with Crippen LogP contribution in [-0.4, -0.2) is 16.9 Å². The van der Waals surface area contributed by atoms with Crippen molar-refractivity contribution < 1.29 is 4.79 Å². The molecule has 1 aliphatic carbocycles. The van der Waals surface area contributed by atoms with Gasteiger partial charge in [0.25, 0.3) is 5.91 Å². The van der Waals surface area contributed by atoms with E-state index in [-0.39, 0.29) is 17.5 Å². The van der Waals surface area contributed by atoms with Crippen LogP contribution in [-0.2, 0) is 0 Å². The molecule has 0 spiro atoms. The Bertz CT molecular complexity index is 426. The molecule has 1 saturated carbocycles. The first-order valence-corrected chi connectivity index (χ1v) is 6.16. The minimum atomic E-state index is -0.189. The van der Waals surface area contributed by atoms with E-state index in [4.69, 9.17) is 0 Å². The number of hydrogen-bond donors (Lipinski definition) is 2. The third-order valence-corrected chi connectivity index (χ3v) is 3.51. The Morgan fingerprint density at radius 3 is 2.71 bits per heavy atom. The SMILES string of the molecule is CC(NC(=O)c1ccc(=O)[nH]c1)C1CCCC1. The Morgan fingerprint density at radius 1 is 1.41 bits per heavy atom. The number of carbonyl (C=O) groups excluding carboxylic acids is 1. The summed E-state index contributed by atoms with van der Waals surface area (Å²) in [4.78, 5) is 25.3. The monoisotopic (exact) mass is 234 g/mol. The normalized spacial score (nSPS) is 17.9. The standard InChI is InChI=1S/C13H18N2O2/c1-9(10-4-2-3-5-10)15-13(17)11-6-7-12(16)14-8-11/h6-10H,2-5H2,1H3,(H,14,16)(H,15,17). The summed E-state index contributed by atoms with van der Waals surface area (Å²) in [5, 5.41) is 3.00. The minimum Gasteiger partial charge on any atom is -0.349 e. The third-order valence-electron chi connectivity index (χ3n) is 3.51. The molecule has 0 aromatic carbocycles. The fraction of sp³-hybridized carbons (Fsp3) is 0.538. The van der Waals surface area contributed by atoms with Gasteiger partial charge < -0.3 is 10.3 Å². The Morgan fingerprint density at radius 2 is 2.12 bits per heavy atom. The predicted molar refractivity (Wildman–Crippen MR) is 65.9 cm³/mol. The molecule has 1 unspecified atom stereocenters. The van der Waals surface area contributed by atoms with Crippen LogP contribution in [0.15, 0.2) is 23.1 Å². The van der Waals surface area contributed by atoms with E-state index in [0.717, 1.165) is 0 Å². The number of aromatic amines is 1. The zero-order valence-electron chi connectivity index (χ0n) is 10.0. The first-order chi connectivity index (χ1) is 8.16. The van der Waals surface area contributed by atoms with E-state index in [1.807, 2.05) is 0 Å². The Labute approximate surface area is 100 Å². The van der Waals surface area contributed by atoms with Gasteiger partial charge in [0.1, 0.15) is 0 Å². The highest BCUT2D eigenvalue weighted by Crippen LogP contribution is 2.27. The Hall–Kier alpha value is -1.58. The average Bonchev–Trinajstić information content (AvgIpc) is 2.83. The van der Waals surface area contributed by atoms with Gasteiger partial charge in [-0.15, -0.1) is 0 Å². The molecule has 0 saturated heterocycles. The number of H-pyrrole nitrogens is 1. The van der Waals surface area contributed by atoms with Gasteiger partial charge in [-0.05, 0) is 31.7 Å². The molecule has 0 aliphatic heterocycles. The van der Waals surface area contributed by atoms with Gasteiger partial charge in [-0.25, -0.2) is 0 Å². The van der Waals surface area contributed by atoms with Gasteiger partial charge in [0, 0.05) is 18.3 Å². The van der Waals surface area contributed by atoms with Gasteiger partial charge in [-0.3, -0.25) is 9.59 Å². The van der Waals surface area contributed by atoms with Crippen molar-refractivity contribution in [1.82, 2.24) is 10.3 Å². The van der Waals surface area contributed by atoms with E-state index >= 15 is 0 Å². The molecular formula is C13H18N2O2. The van der Waals surface area contributed by atoms with Crippen molar-refractivity contribution in [2.45, 2.75) is 38.6 Å². The zero-order valence-corrected chi connectivity index (χ0v) is 10.0. The minimum absolute atomic E-state index is 0.111. The van der Waals surface area contributed by atoms with Gasteiger partial charge in [0.15, 0.2) is 0 Å². The lowest BCUT2D eigenvalue weighted by Crippen LogP contribution is -2.37. The maximum atomic E-state index is 11.9. The van der Waals surface area contributed by atoms with Crippen molar-refractivity contribution in [3.8, 4) is 0 Å². The van der Waals surface area contributed by atoms with Gasteiger partial charge in [0.2, 0.25) is 5.56 Å². The van der Waals surface area contributed by atoms with Crippen LogP contribution in [0.25, 0.3) is 0 Å². The van der Waals surface area contributed by atoms with Crippen LogP contribution in [0.2, 0.25) is 0 Å². The summed E-state index contributed by atoms with van der Waals surface area (Å²) in [7, 11) is 0. The van der Waals surface area contributed by atoms with Crippen molar-refractivity contribution in [1.29, 1.82) is 0 Å². The van der Waals surface area contributed by atoms with Crippen LogP contribution in [0.3, 0.4) is 0 Å². The molecule has 1 heterocycles. The highest BCUT2D eigenvalue weighted by atomic mass is 16.2. The zero-order chi connectivity index (χ0) is 12.3. The first kappa shape index (κ1) is 11.9. The molecule has 2 N–H and O–H groups in total. The van der Waals surface area contributed by atoms with Crippen LogP contribution in [0.5, 0.6) is 0 Å².